The number of carbonyl (C=O) groups excluding carboxylic acids is 1. The van der Waals surface area contributed by atoms with Gasteiger partial charge < -0.3 is 10.1 Å². The third kappa shape index (κ3) is 5.25. The minimum Gasteiger partial charge on any atom is -0.482 e. The molecule has 21 heavy (non-hydrogen) atoms. The third-order valence-electron chi connectivity index (χ3n) is 2.68. The Morgan fingerprint density at radius 2 is 2.10 bits per heavy atom. The van der Waals surface area contributed by atoms with E-state index in [-0.39, 0.29) is 12.5 Å². The highest BCUT2D eigenvalue weighted by atomic mass is 35.5. The van der Waals surface area contributed by atoms with E-state index in [1.165, 1.54) is 0 Å². The van der Waals surface area contributed by atoms with Gasteiger partial charge in [0, 0.05) is 29.9 Å². The topological polar surface area (TPSA) is 51.2 Å². The Hall–Kier alpha value is -1.78. The highest BCUT2D eigenvalue weighted by molar-refractivity contribution is 6.35. The summed E-state index contributed by atoms with van der Waals surface area (Å²) in [5.74, 6) is 0.220. The van der Waals surface area contributed by atoms with Crippen LogP contribution in [0.15, 0.2) is 42.6 Å². The summed E-state index contributed by atoms with van der Waals surface area (Å²) in [6.45, 7) is 0.414. The Bertz CT molecular complexity index is 606. The highest BCUT2D eigenvalue weighted by Gasteiger charge is 2.06. The van der Waals surface area contributed by atoms with Gasteiger partial charge in [0.15, 0.2) is 6.61 Å². The number of pyridine rings is 1. The van der Waals surface area contributed by atoms with Crippen molar-refractivity contribution in [2.24, 2.45) is 0 Å². The number of nitrogens with one attached hydrogen (secondary N) is 1. The molecule has 1 N–H and O–H groups in total. The van der Waals surface area contributed by atoms with Crippen LogP contribution in [0.2, 0.25) is 10.0 Å². The first-order valence-corrected chi connectivity index (χ1v) is 7.15. The normalized spacial score (nSPS) is 10.2. The zero-order valence-electron chi connectivity index (χ0n) is 11.2. The summed E-state index contributed by atoms with van der Waals surface area (Å²) in [7, 11) is 0. The van der Waals surface area contributed by atoms with Crippen LogP contribution in [0, 0.1) is 0 Å². The zero-order chi connectivity index (χ0) is 15.1. The molecule has 1 heterocycles. The third-order valence-corrected chi connectivity index (χ3v) is 3.21. The van der Waals surface area contributed by atoms with Gasteiger partial charge in [-0.3, -0.25) is 9.78 Å². The van der Waals surface area contributed by atoms with Crippen LogP contribution < -0.4 is 10.1 Å². The molecule has 0 atom stereocenters. The monoisotopic (exact) mass is 324 g/mol. The van der Waals surface area contributed by atoms with Gasteiger partial charge in [0.25, 0.3) is 5.91 Å². The number of rotatable bonds is 6. The van der Waals surface area contributed by atoms with Crippen LogP contribution in [0.3, 0.4) is 0 Å². The van der Waals surface area contributed by atoms with Crippen molar-refractivity contribution < 1.29 is 9.53 Å². The van der Waals surface area contributed by atoms with Crippen LogP contribution in [0.4, 0.5) is 0 Å². The number of benzene rings is 1. The molecule has 4 nitrogen and oxygen atoms in total. The van der Waals surface area contributed by atoms with E-state index in [2.05, 4.69) is 10.3 Å². The number of halogens is 2. The second-order valence-electron chi connectivity index (χ2n) is 4.28. The second kappa shape index (κ2) is 7.86. The Labute approximate surface area is 133 Å². The summed E-state index contributed by atoms with van der Waals surface area (Å²) in [5, 5.41) is 3.66. The fraction of sp³-hybridized carbons (Fsp3) is 0.200. The lowest BCUT2D eigenvalue weighted by Gasteiger charge is -2.08. The summed E-state index contributed by atoms with van der Waals surface area (Å²) >= 11 is 11.7. The van der Waals surface area contributed by atoms with Gasteiger partial charge in [-0.25, -0.2) is 0 Å². The first-order valence-electron chi connectivity index (χ1n) is 6.39. The van der Waals surface area contributed by atoms with E-state index in [1.54, 1.807) is 24.4 Å². The molecule has 0 aliphatic rings. The lowest BCUT2D eigenvalue weighted by molar-refractivity contribution is -0.123. The Morgan fingerprint density at radius 3 is 2.81 bits per heavy atom. The Balaban J connectivity index is 1.72. The van der Waals surface area contributed by atoms with Crippen molar-refractivity contribution in [3.63, 3.8) is 0 Å². The van der Waals surface area contributed by atoms with Gasteiger partial charge in [0.1, 0.15) is 5.75 Å². The molecule has 1 aromatic heterocycles. The average molecular weight is 325 g/mol. The predicted octanol–water partition coefficient (Wildman–Crippen LogP) is 3.13. The van der Waals surface area contributed by atoms with Crippen LogP contribution in [0.1, 0.15) is 5.69 Å². The van der Waals surface area contributed by atoms with Gasteiger partial charge in [-0.05, 0) is 30.3 Å². The van der Waals surface area contributed by atoms with Gasteiger partial charge in [-0.1, -0.05) is 29.3 Å². The van der Waals surface area contributed by atoms with Crippen molar-refractivity contribution in [2.45, 2.75) is 6.42 Å². The highest BCUT2D eigenvalue weighted by Crippen LogP contribution is 2.27. The Morgan fingerprint density at radius 1 is 1.24 bits per heavy atom. The maximum Gasteiger partial charge on any atom is 0.257 e. The molecule has 0 aliphatic heterocycles. The molecular formula is C15H14Cl2N2O2. The van der Waals surface area contributed by atoms with E-state index < -0.39 is 0 Å². The molecule has 0 unspecified atom stereocenters. The summed E-state index contributed by atoms with van der Waals surface area (Å²) < 4.78 is 5.34. The van der Waals surface area contributed by atoms with Crippen LogP contribution in [0.25, 0.3) is 0 Å². The number of ether oxygens (including phenoxy) is 1. The SMILES string of the molecule is O=C(COc1ccc(Cl)cc1Cl)NCCc1ccccn1. The minimum atomic E-state index is -0.211. The molecule has 1 aromatic carbocycles. The number of aromatic nitrogens is 1. The molecule has 2 rings (SSSR count). The molecule has 6 heteroatoms. The number of amides is 1. The van der Waals surface area contributed by atoms with Crippen molar-refractivity contribution in [2.75, 3.05) is 13.2 Å². The Kier molecular flexibility index (Phi) is 5.84. The fourth-order valence-electron chi connectivity index (χ4n) is 1.66. The van der Waals surface area contributed by atoms with E-state index in [9.17, 15) is 4.79 Å². The van der Waals surface area contributed by atoms with Gasteiger partial charge in [0.05, 0.1) is 5.02 Å². The molecule has 0 saturated heterocycles. The van der Waals surface area contributed by atoms with E-state index in [1.807, 2.05) is 18.2 Å². The molecule has 0 radical (unpaired) electrons. The first-order chi connectivity index (χ1) is 10.1. The lowest BCUT2D eigenvalue weighted by atomic mass is 10.3. The molecule has 0 fully saturated rings. The average Bonchev–Trinajstić information content (AvgIpc) is 2.47. The molecule has 0 spiro atoms. The first kappa shape index (κ1) is 15.6. The van der Waals surface area contributed by atoms with Crippen LogP contribution in [-0.4, -0.2) is 24.0 Å². The fourth-order valence-corrected chi connectivity index (χ4v) is 2.13. The maximum atomic E-state index is 11.7. The molecule has 1 amide bonds. The number of hydrogen-bond acceptors (Lipinski definition) is 3. The van der Waals surface area contributed by atoms with Crippen molar-refractivity contribution in [3.8, 4) is 5.75 Å². The number of carbonyl (C=O) groups is 1. The van der Waals surface area contributed by atoms with Gasteiger partial charge in [0.2, 0.25) is 0 Å². The zero-order valence-corrected chi connectivity index (χ0v) is 12.7. The smallest absolute Gasteiger partial charge is 0.257 e. The van der Waals surface area contributed by atoms with Crippen LogP contribution in [0.5, 0.6) is 5.75 Å². The molecule has 0 bridgehead atoms. The molecule has 0 saturated carbocycles. The van der Waals surface area contributed by atoms with Crippen LogP contribution in [-0.2, 0) is 11.2 Å². The summed E-state index contributed by atoms with van der Waals surface area (Å²) in [4.78, 5) is 15.8. The molecular weight excluding hydrogens is 311 g/mol. The van der Waals surface area contributed by atoms with E-state index in [0.717, 1.165) is 5.69 Å². The molecule has 2 aromatic rings. The number of hydrogen-bond donors (Lipinski definition) is 1. The van der Waals surface area contributed by atoms with E-state index in [0.29, 0.717) is 28.8 Å². The van der Waals surface area contributed by atoms with Gasteiger partial charge in [-0.15, -0.1) is 0 Å². The summed E-state index contributed by atoms with van der Waals surface area (Å²) in [5.41, 5.74) is 0.930. The largest absolute Gasteiger partial charge is 0.482 e. The summed E-state index contributed by atoms with van der Waals surface area (Å²) in [6.07, 6.45) is 2.40. The van der Waals surface area contributed by atoms with Crippen molar-refractivity contribution in [1.29, 1.82) is 0 Å². The predicted molar refractivity (Wildman–Crippen MR) is 82.9 cm³/mol. The van der Waals surface area contributed by atoms with Gasteiger partial charge >= 0.3 is 0 Å². The molecule has 110 valence electrons. The van der Waals surface area contributed by atoms with Gasteiger partial charge in [-0.2, -0.15) is 0 Å². The second-order valence-corrected chi connectivity index (χ2v) is 5.13. The van der Waals surface area contributed by atoms with Crippen molar-refractivity contribution in [1.82, 2.24) is 10.3 Å². The number of nitrogens with zero attached hydrogens (tertiary/aromatic N) is 1. The van der Waals surface area contributed by atoms with Crippen molar-refractivity contribution in [3.05, 3.63) is 58.3 Å². The van der Waals surface area contributed by atoms with E-state index >= 15 is 0 Å². The quantitative estimate of drug-likeness (QED) is 0.888. The lowest BCUT2D eigenvalue weighted by Crippen LogP contribution is -2.30. The van der Waals surface area contributed by atoms with Crippen molar-refractivity contribution >= 4 is 29.1 Å². The standard InChI is InChI=1S/C15H14Cl2N2O2/c16-11-4-5-14(13(17)9-11)21-10-15(20)19-8-6-12-3-1-2-7-18-12/h1-5,7,9H,6,8,10H2,(H,19,20). The van der Waals surface area contributed by atoms with Crippen LogP contribution >= 0.6 is 23.2 Å². The summed E-state index contributed by atoms with van der Waals surface area (Å²) in [6, 6.07) is 10.5. The van der Waals surface area contributed by atoms with E-state index in [4.69, 9.17) is 27.9 Å². The molecule has 0 aliphatic carbocycles. The maximum absolute atomic E-state index is 11.7. The minimum absolute atomic E-state index is 0.0937.